The number of ether oxygens (including phenoxy) is 3. The molecule has 0 fully saturated rings. The molecule has 0 saturated carbocycles. The standard InChI is InChI=1S/C55H93NO7/c1-6-8-10-12-14-16-18-20-22-24-25-26-27-28-29-30-32-34-36-38-40-42-44-46-54(58)63-51(49-61-48-47-52(55(59)60)56(3,4)5)50-62-53(57)45-43-41-39-37-35-33-31-23-21-19-17-15-13-11-9-7-2/h8,10,14,16,20,22-23,25-26,28-29,31,33,35,51-52H,6-7,9,11-13,15,17-19,21,24,27,30,32,34,36-50H2,1-5H3/b10-8+,16-14+,22-20+,26-25+,29-28+,31-23+,35-33+. The molecule has 0 aliphatic heterocycles. The monoisotopic (exact) mass is 880 g/mol. The first-order chi connectivity index (χ1) is 30.6. The van der Waals surface area contributed by atoms with E-state index in [1.54, 1.807) is 21.1 Å². The van der Waals surface area contributed by atoms with E-state index in [1.165, 1.54) is 64.2 Å². The fourth-order valence-electron chi connectivity index (χ4n) is 6.91. The minimum atomic E-state index is -1.13. The summed E-state index contributed by atoms with van der Waals surface area (Å²) in [5, 5.41) is 11.7. The van der Waals surface area contributed by atoms with E-state index >= 15 is 0 Å². The van der Waals surface area contributed by atoms with Crippen LogP contribution in [0.25, 0.3) is 0 Å². The maximum Gasteiger partial charge on any atom is 0.306 e. The number of aliphatic carboxylic acids is 1. The van der Waals surface area contributed by atoms with E-state index in [9.17, 15) is 19.5 Å². The molecule has 360 valence electrons. The molecule has 0 radical (unpaired) electrons. The molecule has 63 heavy (non-hydrogen) atoms. The minimum Gasteiger partial charge on any atom is -0.544 e. The van der Waals surface area contributed by atoms with Gasteiger partial charge in [0.15, 0.2) is 6.10 Å². The molecule has 0 aromatic carbocycles. The van der Waals surface area contributed by atoms with Gasteiger partial charge in [-0.15, -0.1) is 0 Å². The van der Waals surface area contributed by atoms with Gasteiger partial charge < -0.3 is 28.6 Å². The summed E-state index contributed by atoms with van der Waals surface area (Å²) >= 11 is 0. The Balaban J connectivity index is 4.34. The van der Waals surface area contributed by atoms with Crippen LogP contribution in [0.15, 0.2) is 85.1 Å². The Bertz CT molecular complexity index is 1300. The molecule has 0 rings (SSSR count). The number of carboxylic acid groups (broad SMARTS) is 1. The highest BCUT2D eigenvalue weighted by Crippen LogP contribution is 2.13. The second kappa shape index (κ2) is 45.1. The molecule has 2 atom stereocenters. The van der Waals surface area contributed by atoms with E-state index in [1.807, 2.05) is 0 Å². The van der Waals surface area contributed by atoms with Gasteiger partial charge in [-0.05, 0) is 83.5 Å². The number of carbonyl (C=O) groups excluding carboxylic acids is 3. The Labute approximate surface area is 386 Å². The summed E-state index contributed by atoms with van der Waals surface area (Å²) in [5.74, 6) is -1.79. The predicted molar refractivity (Wildman–Crippen MR) is 263 cm³/mol. The molecule has 0 N–H and O–H groups in total. The summed E-state index contributed by atoms with van der Waals surface area (Å²) in [6.45, 7) is 4.50. The zero-order valence-electron chi connectivity index (χ0n) is 41.0. The van der Waals surface area contributed by atoms with E-state index in [2.05, 4.69) is 98.9 Å². The summed E-state index contributed by atoms with van der Waals surface area (Å²) in [6, 6.07) is -0.737. The van der Waals surface area contributed by atoms with Gasteiger partial charge in [0, 0.05) is 19.3 Å². The van der Waals surface area contributed by atoms with Crippen molar-refractivity contribution in [1.29, 1.82) is 0 Å². The van der Waals surface area contributed by atoms with Crippen LogP contribution in [-0.2, 0) is 28.6 Å². The Kier molecular flexibility index (Phi) is 42.6. The number of quaternary nitrogens is 1. The van der Waals surface area contributed by atoms with Crippen LogP contribution in [0.5, 0.6) is 0 Å². The molecular weight excluding hydrogens is 787 g/mol. The Morgan fingerprint density at radius 2 is 0.937 bits per heavy atom. The van der Waals surface area contributed by atoms with Crippen molar-refractivity contribution in [2.75, 3.05) is 41.0 Å². The van der Waals surface area contributed by atoms with Gasteiger partial charge in [-0.3, -0.25) is 9.59 Å². The van der Waals surface area contributed by atoms with E-state index in [4.69, 9.17) is 14.2 Å². The summed E-state index contributed by atoms with van der Waals surface area (Å²) < 4.78 is 17.2. The number of hydrogen-bond donors (Lipinski definition) is 0. The first-order valence-electron chi connectivity index (χ1n) is 25.1. The molecule has 0 aromatic rings. The number of nitrogens with zero attached hydrogens (tertiary/aromatic N) is 1. The lowest BCUT2D eigenvalue weighted by atomic mass is 10.1. The van der Waals surface area contributed by atoms with Crippen LogP contribution < -0.4 is 5.11 Å². The van der Waals surface area contributed by atoms with Crippen LogP contribution in [0.1, 0.15) is 194 Å². The second-order valence-corrected chi connectivity index (χ2v) is 17.7. The van der Waals surface area contributed by atoms with Crippen molar-refractivity contribution in [2.24, 2.45) is 0 Å². The van der Waals surface area contributed by atoms with Crippen LogP contribution in [-0.4, -0.2) is 75.5 Å². The average molecular weight is 880 g/mol. The first kappa shape index (κ1) is 59.5. The van der Waals surface area contributed by atoms with Crippen molar-refractivity contribution < 1.29 is 38.2 Å². The number of carboxylic acids is 1. The lowest BCUT2D eigenvalue weighted by Gasteiger charge is -2.34. The fraction of sp³-hybridized carbons (Fsp3) is 0.691. The first-order valence-corrected chi connectivity index (χ1v) is 25.1. The highest BCUT2D eigenvalue weighted by molar-refractivity contribution is 5.70. The number of hydrogen-bond acceptors (Lipinski definition) is 7. The summed E-state index contributed by atoms with van der Waals surface area (Å²) in [6.07, 6.45) is 59.0. The number of allylic oxidation sites excluding steroid dienone is 14. The third kappa shape index (κ3) is 43.5. The van der Waals surface area contributed by atoms with Crippen molar-refractivity contribution in [3.05, 3.63) is 85.1 Å². The van der Waals surface area contributed by atoms with E-state index < -0.39 is 18.1 Å². The van der Waals surface area contributed by atoms with Crippen LogP contribution in [0.4, 0.5) is 0 Å². The summed E-state index contributed by atoms with van der Waals surface area (Å²) in [5.41, 5.74) is 0. The average Bonchev–Trinajstić information content (AvgIpc) is 3.24. The predicted octanol–water partition coefficient (Wildman–Crippen LogP) is 13.1. The van der Waals surface area contributed by atoms with Gasteiger partial charge in [0.2, 0.25) is 0 Å². The SMILES string of the molecule is CC/C=C/C/C=C/C/C=C/C/C=C/C/C=C/CCCCCCCCCC(=O)OC(COCCC(C(=O)[O-])[N+](C)(C)C)COC(=O)CCCCC/C=C/C=C/CCCCCCCCC. The van der Waals surface area contributed by atoms with E-state index in [0.29, 0.717) is 12.8 Å². The molecule has 0 aliphatic rings. The molecular formula is C55H93NO7. The normalized spacial score (nSPS) is 13.6. The molecule has 0 amide bonds. The summed E-state index contributed by atoms with van der Waals surface area (Å²) in [7, 11) is 5.39. The van der Waals surface area contributed by atoms with Gasteiger partial charge in [0.1, 0.15) is 12.6 Å². The molecule has 0 heterocycles. The maximum atomic E-state index is 12.8. The van der Waals surface area contributed by atoms with Gasteiger partial charge in [-0.1, -0.05) is 176 Å². The van der Waals surface area contributed by atoms with Gasteiger partial charge >= 0.3 is 11.9 Å². The van der Waals surface area contributed by atoms with E-state index in [0.717, 1.165) is 96.3 Å². The van der Waals surface area contributed by atoms with Crippen LogP contribution >= 0.6 is 0 Å². The largest absolute Gasteiger partial charge is 0.544 e. The fourth-order valence-corrected chi connectivity index (χ4v) is 6.91. The highest BCUT2D eigenvalue weighted by atomic mass is 16.6. The lowest BCUT2D eigenvalue weighted by Crippen LogP contribution is -2.55. The molecule has 8 heteroatoms. The quantitative estimate of drug-likeness (QED) is 0.0197. The second-order valence-electron chi connectivity index (χ2n) is 17.7. The van der Waals surface area contributed by atoms with Gasteiger partial charge in [0.25, 0.3) is 0 Å². The number of rotatable bonds is 44. The van der Waals surface area contributed by atoms with Crippen molar-refractivity contribution in [2.45, 2.75) is 206 Å². The molecule has 0 spiro atoms. The molecule has 2 unspecified atom stereocenters. The Morgan fingerprint density at radius 1 is 0.508 bits per heavy atom. The molecule has 0 aromatic heterocycles. The number of unbranched alkanes of at least 4 members (excludes halogenated alkanes) is 17. The zero-order valence-corrected chi connectivity index (χ0v) is 41.0. The Morgan fingerprint density at radius 3 is 1.43 bits per heavy atom. The topological polar surface area (TPSA) is 102 Å². The number of esters is 2. The van der Waals surface area contributed by atoms with Gasteiger partial charge in [-0.25, -0.2) is 0 Å². The van der Waals surface area contributed by atoms with Gasteiger partial charge in [-0.2, -0.15) is 0 Å². The number of likely N-dealkylation sites (N-methyl/N-ethyl adjacent to an activating group) is 1. The highest BCUT2D eigenvalue weighted by Gasteiger charge is 2.25. The summed E-state index contributed by atoms with van der Waals surface area (Å²) in [4.78, 5) is 37.0. The van der Waals surface area contributed by atoms with Crippen molar-refractivity contribution in [3.63, 3.8) is 0 Å². The maximum absolute atomic E-state index is 12.8. The minimum absolute atomic E-state index is 0.0232. The smallest absolute Gasteiger partial charge is 0.306 e. The zero-order chi connectivity index (χ0) is 46.3. The third-order valence-corrected chi connectivity index (χ3v) is 10.8. The number of carbonyl (C=O) groups is 3. The third-order valence-electron chi connectivity index (χ3n) is 10.8. The van der Waals surface area contributed by atoms with Crippen molar-refractivity contribution in [3.8, 4) is 0 Å². The van der Waals surface area contributed by atoms with Crippen molar-refractivity contribution in [1.82, 2.24) is 0 Å². The molecule has 0 bridgehead atoms. The van der Waals surface area contributed by atoms with E-state index in [-0.39, 0.29) is 42.7 Å². The van der Waals surface area contributed by atoms with Gasteiger partial charge in [0.05, 0.1) is 40.3 Å². The lowest BCUT2D eigenvalue weighted by molar-refractivity contribution is -0.889. The van der Waals surface area contributed by atoms with Crippen LogP contribution in [0.2, 0.25) is 0 Å². The Hall–Kier alpha value is -3.49. The molecule has 8 nitrogen and oxygen atoms in total. The molecule has 0 saturated heterocycles. The van der Waals surface area contributed by atoms with Crippen LogP contribution in [0, 0.1) is 0 Å². The van der Waals surface area contributed by atoms with Crippen molar-refractivity contribution >= 4 is 17.9 Å². The van der Waals surface area contributed by atoms with Crippen LogP contribution in [0.3, 0.4) is 0 Å². The molecule has 0 aliphatic carbocycles.